The Morgan fingerprint density at radius 3 is 2.64 bits per heavy atom. The summed E-state index contributed by atoms with van der Waals surface area (Å²) in [6, 6.07) is 5.90. The minimum absolute atomic E-state index is 0.316. The highest BCUT2D eigenvalue weighted by atomic mass is 79.9. The van der Waals surface area contributed by atoms with E-state index in [1.54, 1.807) is 0 Å². The summed E-state index contributed by atoms with van der Waals surface area (Å²) in [4.78, 5) is 0. The third-order valence-corrected chi connectivity index (χ3v) is 3.28. The molecular weight excluding hydrogens is 312 g/mol. The molecule has 0 aromatic heterocycles. The highest BCUT2D eigenvalue weighted by molar-refractivity contribution is 9.28. The van der Waals surface area contributed by atoms with E-state index >= 15 is 0 Å². The first-order valence-electron chi connectivity index (χ1n) is 4.10. The van der Waals surface area contributed by atoms with E-state index in [2.05, 4.69) is 31.9 Å². The molecule has 2 nitrogen and oxygen atoms in total. The normalized spacial score (nSPS) is 12.8. The van der Waals surface area contributed by atoms with Gasteiger partial charge < -0.3 is 9.47 Å². The van der Waals surface area contributed by atoms with Gasteiger partial charge >= 0.3 is 0 Å². The fourth-order valence-electron chi connectivity index (χ4n) is 1.24. The van der Waals surface area contributed by atoms with Gasteiger partial charge in [-0.2, -0.15) is 0 Å². The number of allylic oxidation sites excluding steroid dienone is 1. The van der Waals surface area contributed by atoms with Crippen molar-refractivity contribution in [1.29, 1.82) is 0 Å². The zero-order valence-corrected chi connectivity index (χ0v) is 10.7. The van der Waals surface area contributed by atoms with Crippen LogP contribution in [0.4, 0.5) is 0 Å². The fraction of sp³-hybridized carbons (Fsp3) is 0.200. The molecular formula is C10H8Br2O2. The number of hydrogen-bond acceptors (Lipinski definition) is 2. The zero-order valence-electron chi connectivity index (χ0n) is 7.51. The largest absolute Gasteiger partial charge is 0.454 e. The van der Waals surface area contributed by atoms with Crippen molar-refractivity contribution in [3.05, 3.63) is 27.2 Å². The Bertz CT molecular complexity index is 395. The Morgan fingerprint density at radius 1 is 1.21 bits per heavy atom. The molecule has 0 bridgehead atoms. The summed E-state index contributed by atoms with van der Waals surface area (Å²) in [6.45, 7) is 2.34. The molecule has 0 spiro atoms. The van der Waals surface area contributed by atoms with Gasteiger partial charge in [0.15, 0.2) is 11.5 Å². The maximum atomic E-state index is 5.29. The van der Waals surface area contributed by atoms with Gasteiger partial charge in [-0.15, -0.1) is 0 Å². The SMILES string of the molecule is CC(=C(Br)Br)c1ccc2c(c1)OCO2. The van der Waals surface area contributed by atoms with E-state index in [1.807, 2.05) is 25.1 Å². The van der Waals surface area contributed by atoms with Crippen LogP contribution in [0.25, 0.3) is 5.57 Å². The highest BCUT2D eigenvalue weighted by Gasteiger charge is 2.13. The summed E-state index contributed by atoms with van der Waals surface area (Å²) in [5.74, 6) is 1.62. The van der Waals surface area contributed by atoms with E-state index in [0.29, 0.717) is 6.79 Å². The predicted molar refractivity (Wildman–Crippen MR) is 63.0 cm³/mol. The van der Waals surface area contributed by atoms with Crippen molar-refractivity contribution in [3.8, 4) is 11.5 Å². The third kappa shape index (κ3) is 1.81. The molecule has 0 unspecified atom stereocenters. The quantitative estimate of drug-likeness (QED) is 0.781. The number of hydrogen-bond donors (Lipinski definition) is 0. The van der Waals surface area contributed by atoms with Crippen LogP contribution < -0.4 is 9.47 Å². The van der Waals surface area contributed by atoms with Crippen molar-refractivity contribution in [2.45, 2.75) is 6.92 Å². The summed E-state index contributed by atoms with van der Waals surface area (Å²) in [5.41, 5.74) is 2.24. The van der Waals surface area contributed by atoms with Gasteiger partial charge in [0.05, 0.1) is 3.39 Å². The van der Waals surface area contributed by atoms with Gasteiger partial charge in [0, 0.05) is 0 Å². The molecule has 0 N–H and O–H groups in total. The second-order valence-corrected chi connectivity index (χ2v) is 5.60. The van der Waals surface area contributed by atoms with E-state index in [0.717, 1.165) is 26.0 Å². The van der Waals surface area contributed by atoms with E-state index < -0.39 is 0 Å². The molecule has 0 radical (unpaired) electrons. The average molecular weight is 320 g/mol. The molecule has 1 aromatic carbocycles. The minimum Gasteiger partial charge on any atom is -0.454 e. The van der Waals surface area contributed by atoms with Gasteiger partial charge in [0.2, 0.25) is 6.79 Å². The molecule has 1 heterocycles. The van der Waals surface area contributed by atoms with Crippen molar-refractivity contribution < 1.29 is 9.47 Å². The number of rotatable bonds is 1. The van der Waals surface area contributed by atoms with E-state index in [1.165, 1.54) is 0 Å². The Kier molecular flexibility index (Phi) is 2.83. The van der Waals surface area contributed by atoms with Gasteiger partial charge in [-0.25, -0.2) is 0 Å². The van der Waals surface area contributed by atoms with Crippen LogP contribution in [0.15, 0.2) is 21.6 Å². The van der Waals surface area contributed by atoms with Crippen LogP contribution in [-0.4, -0.2) is 6.79 Å². The van der Waals surface area contributed by atoms with Crippen LogP contribution >= 0.6 is 31.9 Å². The van der Waals surface area contributed by atoms with Crippen LogP contribution in [-0.2, 0) is 0 Å². The maximum absolute atomic E-state index is 5.29. The molecule has 1 aromatic rings. The van der Waals surface area contributed by atoms with Crippen LogP contribution in [0.2, 0.25) is 0 Å². The molecule has 0 aliphatic carbocycles. The van der Waals surface area contributed by atoms with E-state index in [4.69, 9.17) is 9.47 Å². The lowest BCUT2D eigenvalue weighted by Gasteiger charge is -2.03. The smallest absolute Gasteiger partial charge is 0.231 e. The summed E-state index contributed by atoms with van der Waals surface area (Å²) < 4.78 is 11.5. The van der Waals surface area contributed by atoms with Crippen LogP contribution in [0.3, 0.4) is 0 Å². The molecule has 14 heavy (non-hydrogen) atoms. The molecule has 1 aliphatic rings. The lowest BCUT2D eigenvalue weighted by molar-refractivity contribution is 0.174. The van der Waals surface area contributed by atoms with Crippen LogP contribution in [0, 0.1) is 0 Å². The Balaban J connectivity index is 2.43. The third-order valence-electron chi connectivity index (χ3n) is 2.09. The van der Waals surface area contributed by atoms with Crippen molar-refractivity contribution in [2.24, 2.45) is 0 Å². The second-order valence-electron chi connectivity index (χ2n) is 2.95. The summed E-state index contributed by atoms with van der Waals surface area (Å²) in [6.07, 6.45) is 0. The molecule has 4 heteroatoms. The first-order valence-corrected chi connectivity index (χ1v) is 5.69. The first-order chi connectivity index (χ1) is 6.68. The van der Waals surface area contributed by atoms with E-state index in [9.17, 15) is 0 Å². The Hall–Kier alpha value is -0.480. The summed E-state index contributed by atoms with van der Waals surface area (Å²) in [5, 5.41) is 0. The van der Waals surface area contributed by atoms with Crippen molar-refractivity contribution in [3.63, 3.8) is 0 Å². The topological polar surface area (TPSA) is 18.5 Å². The van der Waals surface area contributed by atoms with Gasteiger partial charge in [-0.3, -0.25) is 0 Å². The molecule has 0 fully saturated rings. The first kappa shape index (κ1) is 10.1. The standard InChI is InChI=1S/C10H8Br2O2/c1-6(10(11)12)7-2-3-8-9(4-7)14-5-13-8/h2-4H,5H2,1H3. The van der Waals surface area contributed by atoms with Crippen molar-refractivity contribution >= 4 is 37.4 Å². The molecule has 1 aliphatic heterocycles. The predicted octanol–water partition coefficient (Wildman–Crippen LogP) is 3.89. The van der Waals surface area contributed by atoms with Crippen LogP contribution in [0.5, 0.6) is 11.5 Å². The lowest BCUT2D eigenvalue weighted by atomic mass is 10.1. The zero-order chi connectivity index (χ0) is 10.1. The molecule has 0 amide bonds. The number of ether oxygens (including phenoxy) is 2. The van der Waals surface area contributed by atoms with Gasteiger partial charge in [-0.05, 0) is 62.1 Å². The van der Waals surface area contributed by atoms with Crippen molar-refractivity contribution in [2.75, 3.05) is 6.79 Å². The monoisotopic (exact) mass is 318 g/mol. The molecule has 0 saturated heterocycles. The average Bonchev–Trinajstić information content (AvgIpc) is 2.62. The Morgan fingerprint density at radius 2 is 1.93 bits per heavy atom. The number of benzene rings is 1. The summed E-state index contributed by atoms with van der Waals surface area (Å²) >= 11 is 6.76. The second kappa shape index (κ2) is 3.95. The van der Waals surface area contributed by atoms with Gasteiger partial charge in [0.25, 0.3) is 0 Å². The number of halogens is 2. The van der Waals surface area contributed by atoms with Crippen molar-refractivity contribution in [1.82, 2.24) is 0 Å². The Labute approximate surface area is 99.2 Å². The number of fused-ring (bicyclic) bond motifs is 1. The van der Waals surface area contributed by atoms with E-state index in [-0.39, 0.29) is 0 Å². The van der Waals surface area contributed by atoms with Crippen LogP contribution in [0.1, 0.15) is 12.5 Å². The summed E-state index contributed by atoms with van der Waals surface area (Å²) in [7, 11) is 0. The fourth-order valence-corrected chi connectivity index (χ4v) is 1.70. The van der Waals surface area contributed by atoms with Gasteiger partial charge in [0.1, 0.15) is 0 Å². The highest BCUT2D eigenvalue weighted by Crippen LogP contribution is 2.36. The lowest BCUT2D eigenvalue weighted by Crippen LogP contribution is -1.92. The molecule has 0 saturated carbocycles. The maximum Gasteiger partial charge on any atom is 0.231 e. The molecule has 74 valence electrons. The van der Waals surface area contributed by atoms with Gasteiger partial charge in [-0.1, -0.05) is 6.07 Å². The minimum atomic E-state index is 0.316. The molecule has 0 atom stereocenters. The molecule has 2 rings (SSSR count).